The van der Waals surface area contributed by atoms with Crippen LogP contribution in [0.15, 0.2) is 79.0 Å². The summed E-state index contributed by atoms with van der Waals surface area (Å²) < 4.78 is 0. The Morgan fingerprint density at radius 2 is 1.64 bits per heavy atom. The average Bonchev–Trinajstić information content (AvgIpc) is 2.93. The standard InChI is InChI=1S/C33H36N2O/c1-3-7-27-8-5-6-9-31(27)35-33(36)30-20-21-34-32-22-28(18-19-29(30)32)26-16-14-25(15-17-26)24-12-10-23(4-2)11-13-24/h5-6,8-9,14-24H,3-4,7,10-13H2,1-2H3,(H,35,36). The molecule has 1 amide bonds. The predicted molar refractivity (Wildman–Crippen MR) is 151 cm³/mol. The maximum absolute atomic E-state index is 13.2. The molecule has 184 valence electrons. The maximum atomic E-state index is 13.2. The molecule has 3 nitrogen and oxygen atoms in total. The average molecular weight is 477 g/mol. The van der Waals surface area contributed by atoms with Crippen LogP contribution in [0.4, 0.5) is 5.69 Å². The van der Waals surface area contributed by atoms with Gasteiger partial charge in [0.15, 0.2) is 0 Å². The van der Waals surface area contributed by atoms with Crippen LogP contribution in [0, 0.1) is 5.92 Å². The first kappa shape index (κ1) is 24.2. The third kappa shape index (κ3) is 5.21. The van der Waals surface area contributed by atoms with Crippen LogP contribution in [0.5, 0.6) is 0 Å². The molecule has 1 N–H and O–H groups in total. The zero-order valence-electron chi connectivity index (χ0n) is 21.5. The number of para-hydroxylation sites is 1. The second-order valence-corrected chi connectivity index (χ2v) is 10.2. The van der Waals surface area contributed by atoms with Gasteiger partial charge in [0.1, 0.15) is 0 Å². The fourth-order valence-corrected chi connectivity index (χ4v) is 5.70. The molecule has 1 aliphatic carbocycles. The van der Waals surface area contributed by atoms with E-state index in [1.165, 1.54) is 43.2 Å². The number of fused-ring (bicyclic) bond motifs is 1. The van der Waals surface area contributed by atoms with Gasteiger partial charge in [0.25, 0.3) is 5.91 Å². The molecule has 1 aliphatic rings. The van der Waals surface area contributed by atoms with Crippen molar-refractivity contribution < 1.29 is 4.79 Å². The van der Waals surface area contributed by atoms with Gasteiger partial charge in [-0.3, -0.25) is 9.78 Å². The second-order valence-electron chi connectivity index (χ2n) is 10.2. The molecule has 0 aliphatic heterocycles. The first-order valence-electron chi connectivity index (χ1n) is 13.5. The number of anilines is 1. The summed E-state index contributed by atoms with van der Waals surface area (Å²) >= 11 is 0. The van der Waals surface area contributed by atoms with E-state index >= 15 is 0 Å². The van der Waals surface area contributed by atoms with E-state index in [9.17, 15) is 4.79 Å². The van der Waals surface area contributed by atoms with Gasteiger partial charge in [-0.1, -0.05) is 81.3 Å². The van der Waals surface area contributed by atoms with Gasteiger partial charge < -0.3 is 5.32 Å². The summed E-state index contributed by atoms with van der Waals surface area (Å²) in [5.41, 5.74) is 7.31. The molecule has 0 bridgehead atoms. The van der Waals surface area contributed by atoms with Gasteiger partial charge in [-0.15, -0.1) is 0 Å². The predicted octanol–water partition coefficient (Wildman–Crippen LogP) is 8.79. The van der Waals surface area contributed by atoms with Crippen LogP contribution < -0.4 is 5.32 Å². The van der Waals surface area contributed by atoms with E-state index in [-0.39, 0.29) is 5.91 Å². The van der Waals surface area contributed by atoms with Gasteiger partial charge in [-0.25, -0.2) is 0 Å². The number of aryl methyl sites for hydroxylation is 1. The van der Waals surface area contributed by atoms with E-state index in [1.807, 2.05) is 30.3 Å². The normalized spacial score (nSPS) is 17.7. The molecule has 0 unspecified atom stereocenters. The maximum Gasteiger partial charge on any atom is 0.256 e. The topological polar surface area (TPSA) is 42.0 Å². The number of nitrogens with zero attached hydrogens (tertiary/aromatic N) is 1. The number of aromatic nitrogens is 1. The summed E-state index contributed by atoms with van der Waals surface area (Å²) in [5, 5.41) is 4.00. The Labute approximate surface area is 215 Å². The molecule has 3 heteroatoms. The third-order valence-corrected chi connectivity index (χ3v) is 7.91. The molecule has 0 saturated heterocycles. The molecule has 1 heterocycles. The van der Waals surface area contributed by atoms with E-state index in [1.54, 1.807) is 6.20 Å². The monoisotopic (exact) mass is 476 g/mol. The van der Waals surface area contributed by atoms with E-state index < -0.39 is 0 Å². The molecule has 3 aromatic carbocycles. The summed E-state index contributed by atoms with van der Waals surface area (Å²) in [6.07, 6.45) is 10.4. The van der Waals surface area contributed by atoms with Crippen LogP contribution in [0.25, 0.3) is 22.0 Å². The smallest absolute Gasteiger partial charge is 0.256 e. The van der Waals surface area contributed by atoms with Crippen LogP contribution in [0.3, 0.4) is 0 Å². The Morgan fingerprint density at radius 1 is 0.889 bits per heavy atom. The van der Waals surface area contributed by atoms with Crippen LogP contribution in [0.1, 0.15) is 79.8 Å². The van der Waals surface area contributed by atoms with Gasteiger partial charge in [0.2, 0.25) is 0 Å². The highest BCUT2D eigenvalue weighted by Crippen LogP contribution is 2.37. The van der Waals surface area contributed by atoms with Crippen LogP contribution in [-0.4, -0.2) is 10.9 Å². The fourth-order valence-electron chi connectivity index (χ4n) is 5.70. The highest BCUT2D eigenvalue weighted by Gasteiger charge is 2.21. The van der Waals surface area contributed by atoms with Crippen molar-refractivity contribution in [1.29, 1.82) is 0 Å². The highest BCUT2D eigenvalue weighted by atomic mass is 16.1. The van der Waals surface area contributed by atoms with Crippen molar-refractivity contribution in [2.75, 3.05) is 5.32 Å². The Morgan fingerprint density at radius 3 is 2.39 bits per heavy atom. The van der Waals surface area contributed by atoms with Gasteiger partial charge in [-0.2, -0.15) is 0 Å². The van der Waals surface area contributed by atoms with Gasteiger partial charge in [0, 0.05) is 17.3 Å². The van der Waals surface area contributed by atoms with Crippen LogP contribution in [-0.2, 0) is 6.42 Å². The lowest BCUT2D eigenvalue weighted by Crippen LogP contribution is -2.14. The molecule has 0 atom stereocenters. The van der Waals surface area contributed by atoms with E-state index in [0.29, 0.717) is 11.5 Å². The molecular weight excluding hydrogens is 440 g/mol. The Bertz CT molecular complexity index is 1330. The Hall–Kier alpha value is -3.46. The lowest BCUT2D eigenvalue weighted by atomic mass is 9.77. The minimum Gasteiger partial charge on any atom is -0.322 e. The number of rotatable bonds is 7. The number of hydrogen-bond acceptors (Lipinski definition) is 2. The van der Waals surface area contributed by atoms with Crippen LogP contribution in [0.2, 0.25) is 0 Å². The Balaban J connectivity index is 1.35. The van der Waals surface area contributed by atoms with Crippen molar-refractivity contribution in [3.63, 3.8) is 0 Å². The molecule has 1 aromatic heterocycles. The van der Waals surface area contributed by atoms with Crippen molar-refractivity contribution >= 4 is 22.5 Å². The highest BCUT2D eigenvalue weighted by molar-refractivity contribution is 6.12. The molecule has 1 saturated carbocycles. The van der Waals surface area contributed by atoms with Crippen molar-refractivity contribution in [3.05, 3.63) is 95.7 Å². The number of carbonyl (C=O) groups excluding carboxylic acids is 1. The molecular formula is C33H36N2O. The Kier molecular flexibility index (Phi) is 7.46. The molecule has 5 rings (SSSR count). The molecule has 36 heavy (non-hydrogen) atoms. The van der Waals surface area contributed by atoms with Crippen molar-refractivity contribution in [2.24, 2.45) is 5.92 Å². The third-order valence-electron chi connectivity index (χ3n) is 7.91. The summed E-state index contributed by atoms with van der Waals surface area (Å²) in [5.74, 6) is 1.52. The number of pyridine rings is 1. The van der Waals surface area contributed by atoms with E-state index in [0.717, 1.165) is 46.5 Å². The first-order chi connectivity index (χ1) is 17.7. The number of hydrogen-bond donors (Lipinski definition) is 1. The summed E-state index contributed by atoms with van der Waals surface area (Å²) in [6, 6.07) is 25.2. The minimum absolute atomic E-state index is 0.0964. The summed E-state index contributed by atoms with van der Waals surface area (Å²) in [6.45, 7) is 4.47. The van der Waals surface area contributed by atoms with Crippen LogP contribution >= 0.6 is 0 Å². The number of nitrogens with one attached hydrogen (secondary N) is 1. The number of amides is 1. The van der Waals surface area contributed by atoms with Gasteiger partial charge in [0.05, 0.1) is 11.1 Å². The zero-order chi connectivity index (χ0) is 24.9. The summed E-state index contributed by atoms with van der Waals surface area (Å²) in [7, 11) is 0. The second kappa shape index (κ2) is 11.1. The fraction of sp³-hybridized carbons (Fsp3) is 0.333. The molecule has 0 spiro atoms. The van der Waals surface area contributed by atoms with E-state index in [4.69, 9.17) is 0 Å². The van der Waals surface area contributed by atoms with Crippen molar-refractivity contribution in [1.82, 2.24) is 4.98 Å². The van der Waals surface area contributed by atoms with E-state index in [2.05, 4.69) is 66.6 Å². The van der Waals surface area contributed by atoms with Gasteiger partial charge >= 0.3 is 0 Å². The first-order valence-corrected chi connectivity index (χ1v) is 13.5. The largest absolute Gasteiger partial charge is 0.322 e. The van der Waals surface area contributed by atoms with Crippen molar-refractivity contribution in [2.45, 2.75) is 64.7 Å². The lowest BCUT2D eigenvalue weighted by Gasteiger charge is -2.28. The zero-order valence-corrected chi connectivity index (χ0v) is 21.5. The van der Waals surface area contributed by atoms with Gasteiger partial charge in [-0.05, 0) is 84.4 Å². The van der Waals surface area contributed by atoms with Crippen molar-refractivity contribution in [3.8, 4) is 11.1 Å². The lowest BCUT2D eigenvalue weighted by molar-refractivity contribution is 0.102. The summed E-state index contributed by atoms with van der Waals surface area (Å²) in [4.78, 5) is 17.8. The number of carbonyl (C=O) groups is 1. The number of benzene rings is 3. The quantitative estimate of drug-likeness (QED) is 0.289. The molecule has 4 aromatic rings. The SMILES string of the molecule is CCCc1ccccc1NC(=O)c1ccnc2cc(-c3ccc(C4CCC(CC)CC4)cc3)ccc12. The molecule has 1 fully saturated rings. The molecule has 0 radical (unpaired) electrons. The minimum atomic E-state index is -0.0964.